The van der Waals surface area contributed by atoms with Gasteiger partial charge < -0.3 is 10.1 Å². The predicted molar refractivity (Wildman–Crippen MR) is 78.4 cm³/mol. The highest BCUT2D eigenvalue weighted by Crippen LogP contribution is 2.43. The molecule has 4 nitrogen and oxygen atoms in total. The van der Waals surface area contributed by atoms with E-state index in [2.05, 4.69) is 26.1 Å². The molecule has 1 aromatic heterocycles. The van der Waals surface area contributed by atoms with Gasteiger partial charge in [-0.15, -0.1) is 0 Å². The first-order valence-corrected chi connectivity index (χ1v) is 7.72. The first-order valence-electron chi connectivity index (χ1n) is 7.72. The summed E-state index contributed by atoms with van der Waals surface area (Å²) in [6.45, 7) is 11.1. The van der Waals surface area contributed by atoms with Crippen molar-refractivity contribution in [2.45, 2.75) is 65.6 Å². The molecule has 0 bridgehead atoms. The Kier molecular flexibility index (Phi) is 3.55. The Hall–Kier alpha value is -1.00. The molecule has 1 unspecified atom stereocenters. The van der Waals surface area contributed by atoms with Gasteiger partial charge in [-0.3, -0.25) is 0 Å². The van der Waals surface area contributed by atoms with Crippen molar-refractivity contribution in [2.75, 3.05) is 6.61 Å². The van der Waals surface area contributed by atoms with E-state index in [1.165, 1.54) is 29.8 Å². The van der Waals surface area contributed by atoms with Gasteiger partial charge in [-0.1, -0.05) is 20.8 Å². The summed E-state index contributed by atoms with van der Waals surface area (Å²) >= 11 is 0. The SMILES string of the molecule is CCOC(c1nc2c(c(C3CC3)n1)CNC2)C(C)(C)C. The van der Waals surface area contributed by atoms with Gasteiger partial charge in [0.05, 0.1) is 11.4 Å². The van der Waals surface area contributed by atoms with E-state index < -0.39 is 0 Å². The minimum atomic E-state index is -0.0316. The Morgan fingerprint density at radius 2 is 2.00 bits per heavy atom. The van der Waals surface area contributed by atoms with E-state index in [4.69, 9.17) is 14.7 Å². The Labute approximate surface area is 121 Å². The van der Waals surface area contributed by atoms with Crippen molar-refractivity contribution in [2.24, 2.45) is 5.41 Å². The summed E-state index contributed by atoms with van der Waals surface area (Å²) < 4.78 is 5.96. The molecular formula is C16H25N3O. The van der Waals surface area contributed by atoms with E-state index in [1.807, 2.05) is 6.92 Å². The van der Waals surface area contributed by atoms with Crippen LogP contribution in [0.3, 0.4) is 0 Å². The zero-order valence-electron chi connectivity index (χ0n) is 13.0. The number of fused-ring (bicyclic) bond motifs is 1. The first-order chi connectivity index (χ1) is 9.50. The van der Waals surface area contributed by atoms with Crippen LogP contribution in [0.2, 0.25) is 0 Å². The second kappa shape index (κ2) is 5.08. The molecule has 0 amide bonds. The molecule has 1 saturated carbocycles. The molecule has 1 aliphatic carbocycles. The minimum absolute atomic E-state index is 0.0110. The largest absolute Gasteiger partial charge is 0.370 e. The fourth-order valence-electron chi connectivity index (χ4n) is 2.90. The van der Waals surface area contributed by atoms with Crippen LogP contribution in [-0.2, 0) is 17.8 Å². The van der Waals surface area contributed by atoms with Crippen molar-refractivity contribution in [1.29, 1.82) is 0 Å². The molecule has 1 fully saturated rings. The number of ether oxygens (including phenoxy) is 1. The third kappa shape index (κ3) is 2.59. The average molecular weight is 275 g/mol. The van der Waals surface area contributed by atoms with E-state index in [1.54, 1.807) is 0 Å². The molecule has 110 valence electrons. The van der Waals surface area contributed by atoms with Crippen LogP contribution >= 0.6 is 0 Å². The number of nitrogens with zero attached hydrogens (tertiary/aromatic N) is 2. The van der Waals surface area contributed by atoms with Gasteiger partial charge in [0.2, 0.25) is 0 Å². The predicted octanol–water partition coefficient (Wildman–Crippen LogP) is 3.08. The molecule has 1 aromatic rings. The Morgan fingerprint density at radius 3 is 2.60 bits per heavy atom. The number of aromatic nitrogens is 2. The van der Waals surface area contributed by atoms with Gasteiger partial charge >= 0.3 is 0 Å². The molecule has 0 aromatic carbocycles. The highest BCUT2D eigenvalue weighted by atomic mass is 16.5. The monoisotopic (exact) mass is 275 g/mol. The van der Waals surface area contributed by atoms with E-state index in [9.17, 15) is 0 Å². The van der Waals surface area contributed by atoms with Gasteiger partial charge in [0.15, 0.2) is 5.82 Å². The Balaban J connectivity index is 2.02. The summed E-state index contributed by atoms with van der Waals surface area (Å²) in [5, 5.41) is 3.40. The van der Waals surface area contributed by atoms with Crippen LogP contribution in [0.25, 0.3) is 0 Å². The van der Waals surface area contributed by atoms with Crippen molar-refractivity contribution in [1.82, 2.24) is 15.3 Å². The summed E-state index contributed by atoms with van der Waals surface area (Å²) in [4.78, 5) is 9.73. The van der Waals surface area contributed by atoms with E-state index in [0.717, 1.165) is 18.9 Å². The van der Waals surface area contributed by atoms with Crippen molar-refractivity contribution in [3.63, 3.8) is 0 Å². The second-order valence-corrected chi connectivity index (χ2v) is 6.97. The van der Waals surface area contributed by atoms with Crippen molar-refractivity contribution >= 4 is 0 Å². The second-order valence-electron chi connectivity index (χ2n) is 6.97. The van der Waals surface area contributed by atoms with Gasteiger partial charge in [0, 0.05) is 31.2 Å². The summed E-state index contributed by atoms with van der Waals surface area (Å²) in [6, 6.07) is 0. The molecule has 4 heteroatoms. The quantitative estimate of drug-likeness (QED) is 0.917. The molecule has 3 rings (SSSR count). The van der Waals surface area contributed by atoms with Gasteiger partial charge in [0.1, 0.15) is 6.10 Å². The molecule has 0 spiro atoms. The number of nitrogens with one attached hydrogen (secondary N) is 1. The maximum atomic E-state index is 5.96. The molecule has 1 N–H and O–H groups in total. The lowest BCUT2D eigenvalue weighted by molar-refractivity contribution is -0.0193. The third-order valence-electron chi connectivity index (χ3n) is 4.05. The lowest BCUT2D eigenvalue weighted by Gasteiger charge is -2.29. The molecule has 20 heavy (non-hydrogen) atoms. The lowest BCUT2D eigenvalue weighted by Crippen LogP contribution is -2.24. The normalized spacial score (nSPS) is 20.0. The van der Waals surface area contributed by atoms with E-state index in [0.29, 0.717) is 12.5 Å². The topological polar surface area (TPSA) is 47.0 Å². The third-order valence-corrected chi connectivity index (χ3v) is 4.05. The summed E-state index contributed by atoms with van der Waals surface area (Å²) in [7, 11) is 0. The smallest absolute Gasteiger partial charge is 0.158 e. The fraction of sp³-hybridized carbons (Fsp3) is 0.750. The van der Waals surface area contributed by atoms with Gasteiger partial charge in [-0.05, 0) is 25.2 Å². The van der Waals surface area contributed by atoms with Crippen LogP contribution in [-0.4, -0.2) is 16.6 Å². The van der Waals surface area contributed by atoms with Crippen LogP contribution in [0.1, 0.15) is 75.3 Å². The Morgan fingerprint density at radius 1 is 1.25 bits per heavy atom. The van der Waals surface area contributed by atoms with Crippen molar-refractivity contribution < 1.29 is 4.74 Å². The molecule has 1 atom stereocenters. The van der Waals surface area contributed by atoms with Gasteiger partial charge in [-0.2, -0.15) is 0 Å². The summed E-state index contributed by atoms with van der Waals surface area (Å²) in [5.41, 5.74) is 3.83. The fourth-order valence-corrected chi connectivity index (χ4v) is 2.90. The molecule has 2 aliphatic rings. The van der Waals surface area contributed by atoms with Crippen molar-refractivity contribution in [3.8, 4) is 0 Å². The molecule has 0 radical (unpaired) electrons. The standard InChI is InChI=1S/C16H25N3O/c1-5-20-14(16(2,3)4)15-18-12-9-17-8-11(12)13(19-15)10-6-7-10/h10,14,17H,5-9H2,1-4H3. The summed E-state index contributed by atoms with van der Waals surface area (Å²) in [5.74, 6) is 1.54. The Bertz CT molecular complexity index is 503. The van der Waals surface area contributed by atoms with E-state index >= 15 is 0 Å². The highest BCUT2D eigenvalue weighted by molar-refractivity contribution is 5.34. The zero-order valence-corrected chi connectivity index (χ0v) is 13.0. The van der Waals surface area contributed by atoms with Crippen LogP contribution in [0, 0.1) is 5.41 Å². The minimum Gasteiger partial charge on any atom is -0.370 e. The molecule has 2 heterocycles. The molecule has 0 saturated heterocycles. The van der Waals surface area contributed by atoms with Gasteiger partial charge in [-0.25, -0.2) is 9.97 Å². The average Bonchev–Trinajstić information content (AvgIpc) is 3.11. The number of hydrogen-bond donors (Lipinski definition) is 1. The van der Waals surface area contributed by atoms with Crippen LogP contribution in [0.5, 0.6) is 0 Å². The first kappa shape index (κ1) is 14.0. The maximum absolute atomic E-state index is 5.96. The maximum Gasteiger partial charge on any atom is 0.158 e. The van der Waals surface area contributed by atoms with Crippen LogP contribution in [0.15, 0.2) is 0 Å². The zero-order chi connectivity index (χ0) is 14.3. The van der Waals surface area contributed by atoms with Gasteiger partial charge in [0.25, 0.3) is 0 Å². The highest BCUT2D eigenvalue weighted by Gasteiger charge is 2.35. The van der Waals surface area contributed by atoms with E-state index in [-0.39, 0.29) is 11.5 Å². The van der Waals surface area contributed by atoms with Crippen LogP contribution in [0.4, 0.5) is 0 Å². The number of hydrogen-bond acceptors (Lipinski definition) is 4. The summed E-state index contributed by atoms with van der Waals surface area (Å²) in [6.07, 6.45) is 2.52. The molecule has 1 aliphatic heterocycles. The number of rotatable bonds is 4. The van der Waals surface area contributed by atoms with Crippen molar-refractivity contribution in [3.05, 3.63) is 22.8 Å². The van der Waals surface area contributed by atoms with Crippen LogP contribution < -0.4 is 5.32 Å². The lowest BCUT2D eigenvalue weighted by atomic mass is 9.88. The molecular weight excluding hydrogens is 250 g/mol.